The van der Waals surface area contributed by atoms with E-state index >= 15 is 0 Å². The molecule has 41 heavy (non-hydrogen) atoms. The number of anilines is 3. The second-order valence-electron chi connectivity index (χ2n) is 15.3. The van der Waals surface area contributed by atoms with Gasteiger partial charge in [0.1, 0.15) is 0 Å². The highest BCUT2D eigenvalue weighted by atomic mass is 16.3. The van der Waals surface area contributed by atoms with Crippen LogP contribution >= 0.6 is 0 Å². The molecule has 0 aromatic carbocycles. The van der Waals surface area contributed by atoms with Gasteiger partial charge in [-0.05, 0) is 100 Å². The van der Waals surface area contributed by atoms with Gasteiger partial charge in [0.05, 0.1) is 0 Å². The van der Waals surface area contributed by atoms with E-state index in [1.54, 1.807) is 0 Å². The number of unbranched alkanes of at least 4 members (excludes halogenated alkanes) is 2. The Hall–Kier alpha value is -1.71. The van der Waals surface area contributed by atoms with Crippen molar-refractivity contribution in [3.63, 3.8) is 0 Å². The minimum atomic E-state index is 0.0222. The molecule has 236 valence electrons. The Morgan fingerprint density at radius 1 is 0.683 bits per heavy atom. The summed E-state index contributed by atoms with van der Waals surface area (Å²) in [6.45, 7) is 25.6. The third-order valence-electron chi connectivity index (χ3n) is 8.47. The van der Waals surface area contributed by atoms with Gasteiger partial charge in [0, 0.05) is 60.5 Å². The first-order chi connectivity index (χ1) is 19.1. The Balaban J connectivity index is 2.09. The summed E-state index contributed by atoms with van der Waals surface area (Å²) in [6.07, 6.45) is 9.21. The first-order valence-electron chi connectivity index (χ1n) is 16.3. The molecule has 0 radical (unpaired) electrons. The summed E-state index contributed by atoms with van der Waals surface area (Å²) in [5.74, 6) is 2.17. The first kappa shape index (κ1) is 33.8. The van der Waals surface area contributed by atoms with Gasteiger partial charge in [-0.25, -0.2) is 0 Å². The molecular formula is C32H62N8O. The lowest BCUT2D eigenvalue weighted by molar-refractivity contribution is 0.157. The number of hydrogen-bond acceptors (Lipinski definition) is 9. The van der Waals surface area contributed by atoms with Crippen LogP contribution in [0.25, 0.3) is 0 Å². The summed E-state index contributed by atoms with van der Waals surface area (Å²) in [6, 6.07) is 0.656. The van der Waals surface area contributed by atoms with Crippen molar-refractivity contribution in [2.45, 2.75) is 161 Å². The number of hydrogen-bond donors (Lipinski definition) is 4. The van der Waals surface area contributed by atoms with E-state index in [0.29, 0.717) is 31.0 Å². The zero-order chi connectivity index (χ0) is 30.5. The molecule has 4 N–H and O–H groups in total. The molecule has 2 aliphatic heterocycles. The molecule has 0 amide bonds. The van der Waals surface area contributed by atoms with Gasteiger partial charge >= 0.3 is 0 Å². The quantitative estimate of drug-likeness (QED) is 0.215. The van der Waals surface area contributed by atoms with Crippen LogP contribution in [0.5, 0.6) is 0 Å². The van der Waals surface area contributed by atoms with E-state index in [0.717, 1.165) is 76.4 Å². The number of rotatable bonds is 14. The lowest BCUT2D eigenvalue weighted by Crippen LogP contribution is -2.63. The minimum Gasteiger partial charge on any atom is -0.396 e. The summed E-state index contributed by atoms with van der Waals surface area (Å²) in [4.78, 5) is 20.4. The van der Waals surface area contributed by atoms with Crippen molar-refractivity contribution in [2.24, 2.45) is 0 Å². The van der Waals surface area contributed by atoms with Gasteiger partial charge in [-0.2, -0.15) is 15.0 Å². The highest BCUT2D eigenvalue weighted by molar-refractivity contribution is 5.47. The van der Waals surface area contributed by atoms with Gasteiger partial charge in [0.25, 0.3) is 0 Å². The van der Waals surface area contributed by atoms with Crippen molar-refractivity contribution in [1.29, 1.82) is 0 Å². The van der Waals surface area contributed by atoms with E-state index in [-0.39, 0.29) is 28.8 Å². The molecule has 0 unspecified atom stereocenters. The number of nitrogens with one attached hydrogen (secondary N) is 3. The molecule has 0 aliphatic carbocycles. The van der Waals surface area contributed by atoms with Crippen LogP contribution in [0.3, 0.4) is 0 Å². The Kier molecular flexibility index (Phi) is 11.3. The van der Waals surface area contributed by atoms with Crippen molar-refractivity contribution < 1.29 is 5.11 Å². The van der Waals surface area contributed by atoms with Crippen LogP contribution in [0.2, 0.25) is 0 Å². The highest BCUT2D eigenvalue weighted by Gasteiger charge is 2.42. The predicted molar refractivity (Wildman–Crippen MR) is 173 cm³/mol. The molecule has 1 aromatic rings. The number of aliphatic hydroxyl groups is 1. The molecule has 2 saturated heterocycles. The molecular weight excluding hydrogens is 512 g/mol. The minimum absolute atomic E-state index is 0.0222. The van der Waals surface area contributed by atoms with Crippen molar-refractivity contribution in [3.8, 4) is 0 Å². The molecule has 1 aromatic heterocycles. The van der Waals surface area contributed by atoms with Crippen LogP contribution in [0.15, 0.2) is 0 Å². The fourth-order valence-electron chi connectivity index (χ4n) is 7.50. The molecule has 3 heterocycles. The van der Waals surface area contributed by atoms with Crippen molar-refractivity contribution in [1.82, 2.24) is 25.6 Å². The summed E-state index contributed by atoms with van der Waals surface area (Å²) < 4.78 is 0. The van der Waals surface area contributed by atoms with Crippen molar-refractivity contribution >= 4 is 17.8 Å². The molecule has 9 heteroatoms. The summed E-state index contributed by atoms with van der Waals surface area (Å²) in [7, 11) is 0. The Bertz CT molecular complexity index is 863. The fraction of sp³-hybridized carbons (Fsp3) is 0.906. The summed E-state index contributed by atoms with van der Waals surface area (Å²) in [5.41, 5.74) is 0.0888. The van der Waals surface area contributed by atoms with E-state index < -0.39 is 0 Å². The molecule has 0 bridgehead atoms. The Labute approximate surface area is 251 Å². The topological polar surface area (TPSA) is 101 Å². The summed E-state index contributed by atoms with van der Waals surface area (Å²) in [5, 5.41) is 20.6. The molecule has 2 aliphatic rings. The van der Waals surface area contributed by atoms with Gasteiger partial charge in [-0.3, -0.25) is 0 Å². The molecule has 0 spiro atoms. The van der Waals surface area contributed by atoms with Crippen LogP contribution in [-0.4, -0.2) is 80.5 Å². The van der Waals surface area contributed by atoms with Crippen LogP contribution < -0.4 is 25.8 Å². The van der Waals surface area contributed by atoms with Crippen LogP contribution in [0.4, 0.5) is 17.8 Å². The summed E-state index contributed by atoms with van der Waals surface area (Å²) >= 11 is 0. The van der Waals surface area contributed by atoms with E-state index in [9.17, 15) is 5.11 Å². The number of nitrogens with zero attached hydrogens (tertiary/aromatic N) is 5. The second-order valence-corrected chi connectivity index (χ2v) is 15.3. The molecule has 0 atom stereocenters. The standard InChI is InChI=1S/C32H62N8O/c1-11-13-17-39(24-20-29(3,4)37-30(5,6)21-24)27-34-26(33-16-15-19-41)35-28(36-27)40(18-14-12-2)25-22-31(7,8)38-32(9,10)23-25/h24-25,37-38,41H,11-23H2,1-10H3,(H,33,34,35,36). The first-order valence-corrected chi connectivity index (χ1v) is 16.3. The number of piperidine rings is 2. The van der Waals surface area contributed by atoms with Crippen molar-refractivity contribution in [3.05, 3.63) is 0 Å². The highest BCUT2D eigenvalue weighted by Crippen LogP contribution is 2.36. The zero-order valence-corrected chi connectivity index (χ0v) is 28.0. The van der Waals surface area contributed by atoms with E-state index in [1.807, 2.05) is 0 Å². The van der Waals surface area contributed by atoms with Gasteiger partial charge in [-0.15, -0.1) is 0 Å². The van der Waals surface area contributed by atoms with Gasteiger partial charge in [-0.1, -0.05) is 26.7 Å². The van der Waals surface area contributed by atoms with Crippen LogP contribution in [0.1, 0.15) is 127 Å². The van der Waals surface area contributed by atoms with Crippen LogP contribution in [-0.2, 0) is 0 Å². The average molecular weight is 575 g/mol. The monoisotopic (exact) mass is 575 g/mol. The third-order valence-corrected chi connectivity index (χ3v) is 8.47. The maximum Gasteiger partial charge on any atom is 0.232 e. The Morgan fingerprint density at radius 3 is 1.41 bits per heavy atom. The average Bonchev–Trinajstić information content (AvgIpc) is 2.81. The zero-order valence-electron chi connectivity index (χ0n) is 28.0. The lowest BCUT2D eigenvalue weighted by atomic mass is 9.79. The third kappa shape index (κ3) is 9.92. The normalized spacial score (nSPS) is 21.9. The molecule has 3 rings (SSSR count). The van der Waals surface area contributed by atoms with Crippen LogP contribution in [0, 0.1) is 0 Å². The Morgan fingerprint density at radius 2 is 1.07 bits per heavy atom. The predicted octanol–water partition coefficient (Wildman–Crippen LogP) is 5.50. The fourth-order valence-corrected chi connectivity index (χ4v) is 7.50. The van der Waals surface area contributed by atoms with Gasteiger partial charge < -0.3 is 30.9 Å². The van der Waals surface area contributed by atoms with E-state index in [2.05, 4.69) is 95.0 Å². The van der Waals surface area contributed by atoms with E-state index in [1.165, 1.54) is 0 Å². The largest absolute Gasteiger partial charge is 0.396 e. The maximum absolute atomic E-state index is 9.44. The molecule has 0 saturated carbocycles. The smallest absolute Gasteiger partial charge is 0.232 e. The van der Waals surface area contributed by atoms with Crippen molar-refractivity contribution in [2.75, 3.05) is 41.4 Å². The molecule has 9 nitrogen and oxygen atoms in total. The second kappa shape index (κ2) is 13.7. The van der Waals surface area contributed by atoms with Gasteiger partial charge in [0.15, 0.2) is 0 Å². The number of aliphatic hydroxyl groups excluding tert-OH is 1. The molecule has 2 fully saturated rings. The van der Waals surface area contributed by atoms with Gasteiger partial charge in [0.2, 0.25) is 17.8 Å². The maximum atomic E-state index is 9.44. The SMILES string of the molecule is CCCCN(c1nc(NCCCO)nc(N(CCCC)C2CC(C)(C)NC(C)(C)C2)n1)C1CC(C)(C)NC(C)(C)C1. The van der Waals surface area contributed by atoms with E-state index in [4.69, 9.17) is 15.0 Å². The lowest BCUT2D eigenvalue weighted by Gasteiger charge is -2.50. The number of aromatic nitrogens is 3.